The van der Waals surface area contributed by atoms with Gasteiger partial charge in [0.25, 0.3) is 5.56 Å². The highest BCUT2D eigenvalue weighted by Crippen LogP contribution is 2.24. The second kappa shape index (κ2) is 4.88. The van der Waals surface area contributed by atoms with Crippen molar-refractivity contribution in [3.63, 3.8) is 0 Å². The molecule has 3 aromatic rings. The largest absolute Gasteiger partial charge is 0.494 e. The Bertz CT molecular complexity index is 1030. The van der Waals surface area contributed by atoms with E-state index in [0.717, 1.165) is 20.7 Å². The molecule has 0 spiro atoms. The van der Waals surface area contributed by atoms with Gasteiger partial charge in [-0.15, -0.1) is 5.10 Å². The summed E-state index contributed by atoms with van der Waals surface area (Å²) < 4.78 is 5.91. The van der Waals surface area contributed by atoms with Gasteiger partial charge in [-0.25, -0.2) is 4.79 Å². The molecule has 0 bridgehead atoms. The molecule has 112 valence electrons. The zero-order chi connectivity index (χ0) is 16.0. The first kappa shape index (κ1) is 14.1. The summed E-state index contributed by atoms with van der Waals surface area (Å²) in [5.41, 5.74) is -1.28. The molecule has 0 fully saturated rings. The summed E-state index contributed by atoms with van der Waals surface area (Å²) >= 11 is 1.02. The van der Waals surface area contributed by atoms with Crippen LogP contribution in [0, 0.1) is 0 Å². The molecule has 0 aliphatic rings. The molecule has 0 radical (unpaired) electrons. The number of hydrogen-bond donors (Lipinski definition) is 1. The Labute approximate surface area is 127 Å². The van der Waals surface area contributed by atoms with Gasteiger partial charge in [0.05, 0.1) is 4.70 Å². The first-order valence-corrected chi connectivity index (χ1v) is 6.95. The van der Waals surface area contributed by atoms with Crippen molar-refractivity contribution in [2.75, 3.05) is 0 Å². The normalized spacial score (nSPS) is 11.0. The molecule has 0 aliphatic heterocycles. The van der Waals surface area contributed by atoms with Crippen LogP contribution >= 0.6 is 11.5 Å². The molecule has 3 rings (SSSR count). The van der Waals surface area contributed by atoms with E-state index in [0.29, 0.717) is 10.2 Å². The smallest absolute Gasteiger partial charge is 0.333 e. The number of aromatic nitrogens is 4. The molecule has 0 saturated heterocycles. The van der Waals surface area contributed by atoms with Crippen LogP contribution in [0.4, 0.5) is 0 Å². The second-order valence-electron chi connectivity index (χ2n) is 4.66. The van der Waals surface area contributed by atoms with E-state index in [4.69, 9.17) is 0 Å². The highest BCUT2D eigenvalue weighted by molar-refractivity contribution is 7.13. The first-order valence-electron chi connectivity index (χ1n) is 6.18. The third-order valence-electron chi connectivity index (χ3n) is 3.38. The monoisotopic (exact) mass is 318 g/mol. The van der Waals surface area contributed by atoms with Gasteiger partial charge in [0, 0.05) is 19.7 Å². The van der Waals surface area contributed by atoms with E-state index in [1.54, 1.807) is 12.1 Å². The summed E-state index contributed by atoms with van der Waals surface area (Å²) in [6, 6.07) is 4.82. The Morgan fingerprint density at radius 1 is 1.23 bits per heavy atom. The minimum atomic E-state index is -0.847. The van der Waals surface area contributed by atoms with Gasteiger partial charge in [-0.1, -0.05) is 10.6 Å². The molecule has 2 heterocycles. The van der Waals surface area contributed by atoms with Gasteiger partial charge in [-0.05, 0) is 23.7 Å². The van der Waals surface area contributed by atoms with Gasteiger partial charge in [-0.3, -0.25) is 18.7 Å². The van der Waals surface area contributed by atoms with Crippen LogP contribution in [-0.4, -0.2) is 29.6 Å². The predicted molar refractivity (Wildman–Crippen MR) is 79.4 cm³/mol. The Balaban J connectivity index is 2.33. The molecule has 0 amide bonds. The zero-order valence-electron chi connectivity index (χ0n) is 11.6. The fourth-order valence-corrected chi connectivity index (χ4v) is 2.82. The fourth-order valence-electron chi connectivity index (χ4n) is 2.15. The van der Waals surface area contributed by atoms with Crippen LogP contribution in [0.3, 0.4) is 0 Å². The van der Waals surface area contributed by atoms with E-state index in [2.05, 4.69) is 9.59 Å². The average molecular weight is 318 g/mol. The summed E-state index contributed by atoms with van der Waals surface area (Å²) in [4.78, 5) is 36.6. The summed E-state index contributed by atoms with van der Waals surface area (Å²) in [5.74, 6) is -1.34. The average Bonchev–Trinajstić information content (AvgIpc) is 2.99. The van der Waals surface area contributed by atoms with E-state index in [-0.39, 0.29) is 5.56 Å². The van der Waals surface area contributed by atoms with Gasteiger partial charge in [0.1, 0.15) is 11.1 Å². The lowest BCUT2D eigenvalue weighted by Crippen LogP contribution is -2.40. The van der Waals surface area contributed by atoms with Crippen LogP contribution in [0.5, 0.6) is 5.88 Å². The molecule has 22 heavy (non-hydrogen) atoms. The molecule has 1 aromatic carbocycles. The fraction of sp³-hybridized carbons (Fsp3) is 0.154. The van der Waals surface area contributed by atoms with Crippen molar-refractivity contribution in [1.29, 1.82) is 0 Å². The van der Waals surface area contributed by atoms with Crippen LogP contribution < -0.4 is 11.2 Å². The van der Waals surface area contributed by atoms with Crippen LogP contribution in [0.15, 0.2) is 27.8 Å². The number of hydrogen-bond acceptors (Lipinski definition) is 7. The molecule has 0 aliphatic carbocycles. The van der Waals surface area contributed by atoms with Crippen LogP contribution in [-0.2, 0) is 14.1 Å². The molecule has 1 N–H and O–H groups in total. The third-order valence-corrected chi connectivity index (χ3v) is 4.16. The highest BCUT2D eigenvalue weighted by atomic mass is 32.1. The maximum Gasteiger partial charge on any atom is 0.333 e. The molecule has 0 saturated carbocycles. The Hall–Kier alpha value is -2.81. The Kier molecular flexibility index (Phi) is 3.14. The van der Waals surface area contributed by atoms with Crippen molar-refractivity contribution in [1.82, 2.24) is 18.7 Å². The maximum absolute atomic E-state index is 12.7. The van der Waals surface area contributed by atoms with E-state index in [1.807, 2.05) is 0 Å². The van der Waals surface area contributed by atoms with Gasteiger partial charge in [-0.2, -0.15) is 0 Å². The van der Waals surface area contributed by atoms with E-state index in [9.17, 15) is 19.5 Å². The number of carbonyl (C=O) groups is 1. The molecule has 0 atom stereocenters. The number of ketones is 1. The number of aromatic hydroxyl groups is 1. The van der Waals surface area contributed by atoms with Crippen molar-refractivity contribution in [2.45, 2.75) is 0 Å². The lowest BCUT2D eigenvalue weighted by atomic mass is 10.0. The molecular weight excluding hydrogens is 308 g/mol. The molecule has 0 unspecified atom stereocenters. The Morgan fingerprint density at radius 2 is 1.95 bits per heavy atom. The molecule has 8 nitrogen and oxygen atoms in total. The van der Waals surface area contributed by atoms with E-state index < -0.39 is 28.5 Å². The van der Waals surface area contributed by atoms with Crippen molar-refractivity contribution >= 4 is 27.5 Å². The van der Waals surface area contributed by atoms with Gasteiger partial charge < -0.3 is 5.11 Å². The lowest BCUT2D eigenvalue weighted by molar-refractivity contribution is 0.103. The van der Waals surface area contributed by atoms with E-state index >= 15 is 0 Å². The maximum atomic E-state index is 12.7. The summed E-state index contributed by atoms with van der Waals surface area (Å²) in [6.45, 7) is 0. The topological polar surface area (TPSA) is 107 Å². The number of benzene rings is 1. The minimum Gasteiger partial charge on any atom is -0.494 e. The summed E-state index contributed by atoms with van der Waals surface area (Å²) in [5, 5.41) is 13.9. The minimum absolute atomic E-state index is 0.207. The van der Waals surface area contributed by atoms with Crippen molar-refractivity contribution in [3.05, 3.63) is 50.2 Å². The van der Waals surface area contributed by atoms with Crippen molar-refractivity contribution in [2.24, 2.45) is 14.1 Å². The van der Waals surface area contributed by atoms with E-state index in [1.165, 1.54) is 20.2 Å². The molecule has 9 heteroatoms. The molecular formula is C13H10N4O4S. The van der Waals surface area contributed by atoms with Gasteiger partial charge in [0.2, 0.25) is 11.7 Å². The Morgan fingerprint density at radius 3 is 2.68 bits per heavy atom. The molecule has 2 aromatic heterocycles. The number of fused-ring (bicyclic) bond motifs is 1. The highest BCUT2D eigenvalue weighted by Gasteiger charge is 2.24. The van der Waals surface area contributed by atoms with Crippen molar-refractivity contribution in [3.8, 4) is 5.88 Å². The predicted octanol–water partition coefficient (Wildman–Crippen LogP) is 0.0253. The van der Waals surface area contributed by atoms with Gasteiger partial charge in [0.15, 0.2) is 0 Å². The van der Waals surface area contributed by atoms with Crippen LogP contribution in [0.1, 0.15) is 15.9 Å². The number of rotatable bonds is 2. The van der Waals surface area contributed by atoms with Crippen molar-refractivity contribution < 1.29 is 9.90 Å². The number of carbonyl (C=O) groups excluding carboxylic acids is 1. The second-order valence-corrected chi connectivity index (χ2v) is 5.41. The third kappa shape index (κ3) is 1.86. The standard InChI is InChI=1S/C13H10N4O4S/c1-16-11(19)8(12(20)17(2)13(16)21)9(18)6-4-3-5-7-10(6)22-15-14-7/h3-5,19H,1-2H3. The van der Waals surface area contributed by atoms with Gasteiger partial charge >= 0.3 is 5.69 Å². The van der Waals surface area contributed by atoms with Crippen LogP contribution in [0.25, 0.3) is 10.2 Å². The number of nitrogens with zero attached hydrogens (tertiary/aromatic N) is 4. The first-order chi connectivity index (χ1) is 10.4. The summed E-state index contributed by atoms with van der Waals surface area (Å²) in [7, 11) is 2.53. The zero-order valence-corrected chi connectivity index (χ0v) is 12.4. The SMILES string of the molecule is Cn1c(O)c(C(=O)c2cccc3nnsc23)c(=O)n(C)c1=O. The van der Waals surface area contributed by atoms with Crippen LogP contribution in [0.2, 0.25) is 0 Å². The summed E-state index contributed by atoms with van der Waals surface area (Å²) in [6.07, 6.45) is 0. The quantitative estimate of drug-likeness (QED) is 0.668. The lowest BCUT2D eigenvalue weighted by Gasteiger charge is -2.09.